The molecule has 2 heterocycles. The maximum Gasteiger partial charge on any atom is 0.251 e. The molecular weight excluding hydrogens is 434 g/mol. The van der Waals surface area contributed by atoms with Gasteiger partial charge in [-0.25, -0.2) is 0 Å². The van der Waals surface area contributed by atoms with Gasteiger partial charge in [-0.1, -0.05) is 36.4 Å². The summed E-state index contributed by atoms with van der Waals surface area (Å²) < 4.78 is 4.79. The third-order valence-corrected chi connectivity index (χ3v) is 6.93. The molecule has 5 nitrogen and oxygen atoms in total. The second kappa shape index (κ2) is 11.1. The van der Waals surface area contributed by atoms with Crippen LogP contribution in [0, 0.1) is 6.92 Å². The monoisotopic (exact) mass is 465 g/mol. The molecular formula is C27H31NO4S. The lowest BCUT2D eigenvalue weighted by molar-refractivity contribution is -0.0715. The van der Waals surface area contributed by atoms with Crippen molar-refractivity contribution in [3.05, 3.63) is 82.2 Å². The molecule has 1 aliphatic heterocycles. The van der Waals surface area contributed by atoms with E-state index in [1.54, 1.807) is 0 Å². The van der Waals surface area contributed by atoms with E-state index in [1.165, 1.54) is 26.4 Å². The molecule has 6 heteroatoms. The summed E-state index contributed by atoms with van der Waals surface area (Å²) in [5.41, 5.74) is 4.63. The smallest absolute Gasteiger partial charge is 0.251 e. The third kappa shape index (κ3) is 6.98. The fraction of sp³-hybridized carbons (Fsp3) is 0.370. The van der Waals surface area contributed by atoms with Crippen LogP contribution in [-0.2, 0) is 11.2 Å². The quantitative estimate of drug-likeness (QED) is 0.524. The Bertz CT molecular complexity index is 1050. The van der Waals surface area contributed by atoms with Crippen LogP contribution in [0.5, 0.6) is 0 Å². The fourth-order valence-electron chi connectivity index (χ4n) is 3.70. The molecule has 33 heavy (non-hydrogen) atoms. The second-order valence-corrected chi connectivity index (χ2v) is 9.94. The Hall–Kier alpha value is -2.51. The number of nitrogens with one attached hydrogen (secondary N) is 1. The van der Waals surface area contributed by atoms with Gasteiger partial charge in [-0.2, -0.15) is 0 Å². The highest BCUT2D eigenvalue weighted by molar-refractivity contribution is 7.15. The summed E-state index contributed by atoms with van der Waals surface area (Å²) in [4.78, 5) is 14.7. The van der Waals surface area contributed by atoms with Crippen LogP contribution in [0.4, 0.5) is 0 Å². The standard InChI is InChI=1S/C22H21NOS.C5H10O3/c1-15-4-2-3-5-18(15)14-20-12-13-21(25-20)16-6-8-17(9-7-16)22(24)23-19-10-11-19;6-4-1-5(7)3-8-2-4/h2-9,12-13,19H,10-11,14H2,1H3,(H,23,24);4-7H,1-3H2. The average Bonchev–Trinajstić information content (AvgIpc) is 3.50. The normalized spacial score (nSPS) is 20.0. The van der Waals surface area contributed by atoms with Gasteiger partial charge in [0.1, 0.15) is 0 Å². The number of aryl methyl sites for hydroxylation is 1. The Morgan fingerprint density at radius 3 is 2.30 bits per heavy atom. The molecule has 1 amide bonds. The molecule has 1 aromatic heterocycles. The first-order chi connectivity index (χ1) is 16.0. The molecule has 3 N–H and O–H groups in total. The van der Waals surface area contributed by atoms with Crippen molar-refractivity contribution in [2.45, 2.75) is 50.9 Å². The first-order valence-electron chi connectivity index (χ1n) is 11.5. The molecule has 0 bridgehead atoms. The van der Waals surface area contributed by atoms with Gasteiger partial charge in [-0.05, 0) is 60.7 Å². The molecule has 0 spiro atoms. The van der Waals surface area contributed by atoms with Gasteiger partial charge in [-0.3, -0.25) is 4.79 Å². The van der Waals surface area contributed by atoms with Crippen molar-refractivity contribution in [1.82, 2.24) is 5.32 Å². The summed E-state index contributed by atoms with van der Waals surface area (Å²) in [6.07, 6.45) is 2.74. The Morgan fingerprint density at radius 1 is 1.00 bits per heavy atom. The number of hydrogen-bond acceptors (Lipinski definition) is 5. The molecule has 1 aliphatic carbocycles. The summed E-state index contributed by atoms with van der Waals surface area (Å²) in [5.74, 6) is 0.0421. The summed E-state index contributed by atoms with van der Waals surface area (Å²) in [7, 11) is 0. The predicted octanol–water partition coefficient (Wildman–Crippen LogP) is 4.34. The first-order valence-corrected chi connectivity index (χ1v) is 12.3. The van der Waals surface area contributed by atoms with Gasteiger partial charge in [0.05, 0.1) is 25.4 Å². The topological polar surface area (TPSA) is 78.8 Å². The Morgan fingerprint density at radius 2 is 1.70 bits per heavy atom. The molecule has 5 rings (SSSR count). The number of carbonyl (C=O) groups excluding carboxylic acids is 1. The van der Waals surface area contributed by atoms with Crippen LogP contribution in [0.1, 0.15) is 45.6 Å². The van der Waals surface area contributed by atoms with Gasteiger partial charge in [-0.15, -0.1) is 11.3 Å². The van der Waals surface area contributed by atoms with E-state index in [0.717, 1.165) is 24.8 Å². The lowest BCUT2D eigenvalue weighted by Crippen LogP contribution is -2.32. The maximum absolute atomic E-state index is 12.1. The van der Waals surface area contributed by atoms with Crippen molar-refractivity contribution < 1.29 is 19.7 Å². The van der Waals surface area contributed by atoms with E-state index in [1.807, 2.05) is 35.6 Å². The van der Waals surface area contributed by atoms with Crippen molar-refractivity contribution >= 4 is 17.2 Å². The largest absolute Gasteiger partial charge is 0.391 e. The van der Waals surface area contributed by atoms with Crippen LogP contribution in [0.2, 0.25) is 0 Å². The van der Waals surface area contributed by atoms with E-state index < -0.39 is 12.2 Å². The molecule has 2 unspecified atom stereocenters. The molecule has 2 fully saturated rings. The zero-order valence-corrected chi connectivity index (χ0v) is 19.7. The molecule has 2 aromatic carbocycles. The van der Waals surface area contributed by atoms with Crippen molar-refractivity contribution in [2.75, 3.05) is 13.2 Å². The lowest BCUT2D eigenvalue weighted by atomic mass is 10.1. The van der Waals surface area contributed by atoms with Gasteiger partial charge in [0.2, 0.25) is 0 Å². The van der Waals surface area contributed by atoms with Gasteiger partial charge < -0.3 is 20.3 Å². The summed E-state index contributed by atoms with van der Waals surface area (Å²) in [5, 5.41) is 20.6. The Balaban J connectivity index is 0.000000275. The SMILES string of the molecule is Cc1ccccc1Cc1ccc(-c2ccc(C(=O)NC3CC3)cc2)s1.OC1COCC(O)C1. The highest BCUT2D eigenvalue weighted by Crippen LogP contribution is 2.30. The number of thiophene rings is 1. The molecule has 3 aromatic rings. The number of hydrogen-bond donors (Lipinski definition) is 3. The Labute approximate surface area is 199 Å². The Kier molecular flexibility index (Phi) is 7.93. The molecule has 174 valence electrons. The molecule has 1 saturated heterocycles. The van der Waals surface area contributed by atoms with E-state index in [0.29, 0.717) is 25.7 Å². The minimum atomic E-state index is -0.459. The van der Waals surface area contributed by atoms with Crippen molar-refractivity contribution in [3.8, 4) is 10.4 Å². The number of rotatable bonds is 5. The lowest BCUT2D eigenvalue weighted by Gasteiger charge is -2.21. The summed E-state index contributed by atoms with van der Waals surface area (Å²) in [6, 6.07) is 21.3. The van der Waals surface area contributed by atoms with Gasteiger partial charge in [0.25, 0.3) is 5.91 Å². The van der Waals surface area contributed by atoms with Crippen molar-refractivity contribution in [1.29, 1.82) is 0 Å². The number of benzene rings is 2. The minimum absolute atomic E-state index is 0.0421. The van der Waals surface area contributed by atoms with Gasteiger partial charge in [0, 0.05) is 34.2 Å². The zero-order chi connectivity index (χ0) is 23.2. The van der Waals surface area contributed by atoms with E-state index in [2.05, 4.69) is 48.6 Å². The molecule has 1 saturated carbocycles. The zero-order valence-electron chi connectivity index (χ0n) is 18.9. The molecule has 0 radical (unpaired) electrons. The van der Waals surface area contributed by atoms with Crippen LogP contribution in [0.25, 0.3) is 10.4 Å². The van der Waals surface area contributed by atoms with Crippen LogP contribution >= 0.6 is 11.3 Å². The second-order valence-electron chi connectivity index (χ2n) is 8.78. The van der Waals surface area contributed by atoms with E-state index >= 15 is 0 Å². The summed E-state index contributed by atoms with van der Waals surface area (Å²) in [6.45, 7) is 2.91. The van der Waals surface area contributed by atoms with Crippen LogP contribution in [0.15, 0.2) is 60.7 Å². The number of aliphatic hydroxyl groups excluding tert-OH is 2. The number of carbonyl (C=O) groups is 1. The van der Waals surface area contributed by atoms with Crippen LogP contribution < -0.4 is 5.32 Å². The number of amides is 1. The van der Waals surface area contributed by atoms with Crippen molar-refractivity contribution in [3.63, 3.8) is 0 Å². The maximum atomic E-state index is 12.1. The van der Waals surface area contributed by atoms with Gasteiger partial charge >= 0.3 is 0 Å². The third-order valence-electron chi connectivity index (χ3n) is 5.80. The number of ether oxygens (including phenoxy) is 1. The first kappa shape index (κ1) is 23.6. The molecule has 2 atom stereocenters. The number of aliphatic hydroxyl groups is 2. The van der Waals surface area contributed by atoms with Crippen LogP contribution in [0.3, 0.4) is 0 Å². The predicted molar refractivity (Wildman–Crippen MR) is 132 cm³/mol. The van der Waals surface area contributed by atoms with Gasteiger partial charge in [0.15, 0.2) is 0 Å². The van der Waals surface area contributed by atoms with E-state index in [9.17, 15) is 4.79 Å². The summed E-state index contributed by atoms with van der Waals surface area (Å²) >= 11 is 1.82. The minimum Gasteiger partial charge on any atom is -0.391 e. The van der Waals surface area contributed by atoms with E-state index in [4.69, 9.17) is 14.9 Å². The fourth-order valence-corrected chi connectivity index (χ4v) is 4.73. The highest BCUT2D eigenvalue weighted by Gasteiger charge is 2.23. The van der Waals surface area contributed by atoms with E-state index in [-0.39, 0.29) is 5.91 Å². The highest BCUT2D eigenvalue weighted by atomic mass is 32.1. The molecule has 2 aliphatic rings. The average molecular weight is 466 g/mol. The van der Waals surface area contributed by atoms with Crippen molar-refractivity contribution in [2.24, 2.45) is 0 Å². The van der Waals surface area contributed by atoms with Crippen LogP contribution in [-0.4, -0.2) is 47.6 Å².